The molecule has 0 amide bonds. The van der Waals surface area contributed by atoms with Crippen molar-refractivity contribution in [3.8, 4) is 62.2 Å². The topological polar surface area (TPSA) is 47.9 Å². The molecule has 1 aromatic heterocycles. The molecule has 238 valence electrons. The van der Waals surface area contributed by atoms with E-state index < -0.39 is 0 Å². The maximum atomic E-state index is 6.27. The second-order valence-corrected chi connectivity index (χ2v) is 12.1. The molecule has 0 radical (unpaired) electrons. The lowest BCUT2D eigenvalue weighted by molar-refractivity contribution is 0.390. The fraction of sp³-hybridized carbons (Fsp3) is 0.0217. The molecular weight excluding hydrogens is 611 g/mol. The number of fused-ring (bicyclic) bond motifs is 1. The number of rotatable bonds is 8. The van der Waals surface area contributed by atoms with E-state index in [0.717, 1.165) is 55.8 Å². The molecule has 0 aliphatic carbocycles. The zero-order valence-corrected chi connectivity index (χ0v) is 27.4. The maximum absolute atomic E-state index is 6.27. The number of ether oxygens (including phenoxy) is 1. The van der Waals surface area contributed by atoms with Crippen molar-refractivity contribution < 1.29 is 4.74 Å². The second kappa shape index (κ2) is 13.8. The summed E-state index contributed by atoms with van der Waals surface area (Å²) in [6, 6.07) is 53.7. The van der Waals surface area contributed by atoms with Crippen molar-refractivity contribution >= 4 is 11.1 Å². The van der Waals surface area contributed by atoms with Crippen molar-refractivity contribution in [2.45, 2.75) is 0 Å². The molecule has 0 spiro atoms. The van der Waals surface area contributed by atoms with E-state index in [2.05, 4.69) is 97.6 Å². The van der Waals surface area contributed by atoms with Crippen molar-refractivity contribution in [2.24, 2.45) is 0 Å². The van der Waals surface area contributed by atoms with E-state index in [4.69, 9.17) is 19.7 Å². The molecule has 6 aromatic carbocycles. The van der Waals surface area contributed by atoms with Crippen molar-refractivity contribution in [1.29, 1.82) is 0 Å². The van der Waals surface area contributed by atoms with Gasteiger partial charge in [0.05, 0.1) is 0 Å². The van der Waals surface area contributed by atoms with Crippen LogP contribution >= 0.6 is 0 Å². The molecule has 8 rings (SSSR count). The average molecular weight is 644 g/mol. The third-order valence-electron chi connectivity index (χ3n) is 8.82. The summed E-state index contributed by atoms with van der Waals surface area (Å²) in [4.78, 5) is 14.5. The van der Waals surface area contributed by atoms with E-state index in [1.165, 1.54) is 11.1 Å². The summed E-state index contributed by atoms with van der Waals surface area (Å²) < 4.78 is 6.27. The summed E-state index contributed by atoms with van der Waals surface area (Å²) >= 11 is 0. The maximum Gasteiger partial charge on any atom is 0.164 e. The minimum atomic E-state index is 0.526. The number of benzene rings is 6. The smallest absolute Gasteiger partial charge is 0.164 e. The van der Waals surface area contributed by atoms with E-state index in [0.29, 0.717) is 24.1 Å². The molecule has 1 aliphatic heterocycles. The van der Waals surface area contributed by atoms with Crippen LogP contribution in [0.2, 0.25) is 0 Å². The molecule has 0 unspecified atom stereocenters. The van der Waals surface area contributed by atoms with Crippen molar-refractivity contribution in [3.63, 3.8) is 0 Å². The van der Waals surface area contributed by atoms with Gasteiger partial charge >= 0.3 is 0 Å². The first kappa shape index (κ1) is 30.7. The minimum absolute atomic E-state index is 0.526. The Bertz CT molecular complexity index is 2300. The Hall–Kier alpha value is -6.65. The van der Waals surface area contributed by atoms with Gasteiger partial charge in [-0.15, -0.1) is 0 Å². The predicted molar refractivity (Wildman–Crippen MR) is 205 cm³/mol. The van der Waals surface area contributed by atoms with Crippen LogP contribution in [0.3, 0.4) is 0 Å². The van der Waals surface area contributed by atoms with E-state index in [-0.39, 0.29) is 0 Å². The molecule has 4 heteroatoms. The van der Waals surface area contributed by atoms with Gasteiger partial charge in [0.2, 0.25) is 0 Å². The SMILES string of the molecule is C=C(/C=C\C=C1/COc2c1cccc2-c1cccc(-c2ccccc2)c1)c1ccc(-c2nc(-c3ccccc3)nc(-c3ccccc3)n2)cc1. The Morgan fingerprint density at radius 1 is 0.500 bits per heavy atom. The zero-order valence-electron chi connectivity index (χ0n) is 27.4. The molecule has 1 aliphatic rings. The summed E-state index contributed by atoms with van der Waals surface area (Å²) in [5.74, 6) is 2.84. The van der Waals surface area contributed by atoms with Crippen LogP contribution in [0, 0.1) is 0 Å². The van der Waals surface area contributed by atoms with Gasteiger partial charge < -0.3 is 4.74 Å². The average Bonchev–Trinajstić information content (AvgIpc) is 3.62. The zero-order chi connectivity index (χ0) is 33.7. The molecular formula is C46H33N3O. The Morgan fingerprint density at radius 3 is 1.62 bits per heavy atom. The first-order valence-electron chi connectivity index (χ1n) is 16.7. The first-order valence-corrected chi connectivity index (χ1v) is 16.7. The van der Waals surface area contributed by atoms with Crippen LogP contribution in [-0.2, 0) is 0 Å². The lowest BCUT2D eigenvalue weighted by Gasteiger charge is -2.10. The van der Waals surface area contributed by atoms with Gasteiger partial charge in [-0.1, -0.05) is 176 Å². The molecule has 0 saturated carbocycles. The highest BCUT2D eigenvalue weighted by Crippen LogP contribution is 2.42. The van der Waals surface area contributed by atoms with E-state index >= 15 is 0 Å². The minimum Gasteiger partial charge on any atom is -0.488 e. The van der Waals surface area contributed by atoms with Crippen molar-refractivity contribution in [1.82, 2.24) is 15.0 Å². The Kier molecular flexibility index (Phi) is 8.49. The van der Waals surface area contributed by atoms with Gasteiger partial charge in [-0.05, 0) is 33.9 Å². The summed E-state index contributed by atoms with van der Waals surface area (Å²) in [6.45, 7) is 4.87. The number of aromatic nitrogens is 3. The highest BCUT2D eigenvalue weighted by molar-refractivity contribution is 5.86. The third-order valence-corrected chi connectivity index (χ3v) is 8.82. The Labute approximate surface area is 292 Å². The van der Waals surface area contributed by atoms with Gasteiger partial charge in [0, 0.05) is 33.4 Å². The highest BCUT2D eigenvalue weighted by Gasteiger charge is 2.21. The molecule has 0 N–H and O–H groups in total. The van der Waals surface area contributed by atoms with Gasteiger partial charge in [-0.3, -0.25) is 0 Å². The largest absolute Gasteiger partial charge is 0.488 e. The quantitative estimate of drug-likeness (QED) is 0.155. The molecule has 2 heterocycles. The summed E-state index contributed by atoms with van der Waals surface area (Å²) in [7, 11) is 0. The lowest BCUT2D eigenvalue weighted by Crippen LogP contribution is -2.00. The van der Waals surface area contributed by atoms with Crippen LogP contribution in [0.4, 0.5) is 0 Å². The standard InChI is InChI=1S/C46H33N3O/c1-32(14-11-23-40-31-50-43-41(24-13-25-42(40)43)39-22-12-21-38(30-39)34-15-5-2-6-16-34)33-26-28-37(29-27-33)46-48-44(35-17-7-3-8-18-35)47-45(49-46)36-19-9-4-10-20-36/h2-30H,1,31H2/b14-11-,40-23+. The summed E-state index contributed by atoms with van der Waals surface area (Å²) in [6.07, 6.45) is 6.21. The molecule has 4 nitrogen and oxygen atoms in total. The van der Waals surface area contributed by atoms with Crippen molar-refractivity contribution in [2.75, 3.05) is 6.61 Å². The fourth-order valence-electron chi connectivity index (χ4n) is 6.18. The van der Waals surface area contributed by atoms with Gasteiger partial charge in [0.1, 0.15) is 12.4 Å². The molecule has 0 fully saturated rings. The molecule has 50 heavy (non-hydrogen) atoms. The summed E-state index contributed by atoms with van der Waals surface area (Å²) in [5.41, 5.74) is 11.6. The van der Waals surface area contributed by atoms with E-state index in [9.17, 15) is 0 Å². The lowest BCUT2D eigenvalue weighted by atomic mass is 9.96. The molecule has 0 bridgehead atoms. The van der Waals surface area contributed by atoms with Crippen LogP contribution in [0.1, 0.15) is 11.1 Å². The van der Waals surface area contributed by atoms with Crippen LogP contribution < -0.4 is 4.74 Å². The molecule has 0 saturated heterocycles. The summed E-state index contributed by atoms with van der Waals surface area (Å²) in [5, 5.41) is 0. The van der Waals surface area contributed by atoms with Crippen molar-refractivity contribution in [3.05, 3.63) is 194 Å². The number of nitrogens with zero attached hydrogens (tertiary/aromatic N) is 3. The third kappa shape index (κ3) is 6.43. The number of para-hydroxylation sites is 1. The Balaban J connectivity index is 1.01. The number of hydrogen-bond donors (Lipinski definition) is 0. The number of hydrogen-bond acceptors (Lipinski definition) is 4. The van der Waals surface area contributed by atoms with E-state index in [1.807, 2.05) is 84.9 Å². The predicted octanol–water partition coefficient (Wildman–Crippen LogP) is 11.3. The van der Waals surface area contributed by atoms with Crippen LogP contribution in [0.5, 0.6) is 5.75 Å². The second-order valence-electron chi connectivity index (χ2n) is 12.1. The Morgan fingerprint density at radius 2 is 1.00 bits per heavy atom. The molecule has 7 aromatic rings. The van der Waals surface area contributed by atoms with Crippen LogP contribution in [-0.4, -0.2) is 21.6 Å². The fourth-order valence-corrected chi connectivity index (χ4v) is 6.18. The van der Waals surface area contributed by atoms with Crippen LogP contribution in [0.25, 0.3) is 67.6 Å². The van der Waals surface area contributed by atoms with Gasteiger partial charge in [-0.2, -0.15) is 0 Å². The monoisotopic (exact) mass is 643 g/mol. The first-order chi connectivity index (χ1) is 24.7. The van der Waals surface area contributed by atoms with Gasteiger partial charge in [-0.25, -0.2) is 15.0 Å². The van der Waals surface area contributed by atoms with E-state index in [1.54, 1.807) is 0 Å². The van der Waals surface area contributed by atoms with Gasteiger partial charge in [0.25, 0.3) is 0 Å². The number of allylic oxidation sites excluding steroid dienone is 4. The molecule has 0 atom stereocenters. The highest BCUT2D eigenvalue weighted by atomic mass is 16.5. The normalized spacial score (nSPS) is 12.9. The van der Waals surface area contributed by atoms with Crippen LogP contribution in [0.15, 0.2) is 183 Å². The van der Waals surface area contributed by atoms with Gasteiger partial charge in [0.15, 0.2) is 17.5 Å².